The summed E-state index contributed by atoms with van der Waals surface area (Å²) in [6.07, 6.45) is 21.5. The van der Waals surface area contributed by atoms with Gasteiger partial charge >= 0.3 is 0 Å². The smallest absolute Gasteiger partial charge is 0.200 e. The molecular formula is C35H48N4OS. The van der Waals surface area contributed by atoms with Gasteiger partial charge in [-0.1, -0.05) is 97.6 Å². The van der Waals surface area contributed by atoms with Crippen LogP contribution in [0.25, 0.3) is 0 Å². The van der Waals surface area contributed by atoms with Crippen LogP contribution in [0, 0.1) is 12.3 Å². The first kappa shape index (κ1) is 31.0. The molecule has 0 aliphatic carbocycles. The quantitative estimate of drug-likeness (QED) is 0.212. The van der Waals surface area contributed by atoms with E-state index in [-0.39, 0.29) is 5.41 Å². The number of allylic oxidation sites excluding steroid dienone is 5. The van der Waals surface area contributed by atoms with Crippen LogP contribution in [0.15, 0.2) is 75.1 Å². The van der Waals surface area contributed by atoms with Gasteiger partial charge in [-0.2, -0.15) is 0 Å². The van der Waals surface area contributed by atoms with Crippen LogP contribution < -0.4 is 9.64 Å². The standard InChI is InChI=1S/C35H48N4OS/c1-7-8-9-10-11-12-13-14-15-16-22-39-29-25-27(3)17-19-30(29)40-31(39)20-18-26(2)24-28-32(33-36-21-23-41-33)38-34(37-28)35(4,5)6/h17-21,23-25H,7-16,22H2,1-6H3/b26-18+,28-24-,31-20+. The Kier molecular flexibility index (Phi) is 11.1. The van der Waals surface area contributed by atoms with E-state index in [0.29, 0.717) is 0 Å². The van der Waals surface area contributed by atoms with Gasteiger partial charge in [-0.05, 0) is 55.7 Å². The Morgan fingerprint density at radius 1 is 0.976 bits per heavy atom. The molecule has 0 saturated heterocycles. The van der Waals surface area contributed by atoms with Crippen LogP contribution in [0.5, 0.6) is 5.75 Å². The van der Waals surface area contributed by atoms with Crippen molar-refractivity contribution in [2.24, 2.45) is 15.4 Å². The third-order valence-corrected chi connectivity index (χ3v) is 8.25. The van der Waals surface area contributed by atoms with E-state index in [0.717, 1.165) is 52.4 Å². The SMILES string of the molecule is CCCCCCCCCCCCN1\C(=C/C=C(C)/C=C2\N=C(C(C)(C)C)N=C2c2nccs2)Oc2ccc(C)cc21. The summed E-state index contributed by atoms with van der Waals surface area (Å²) in [6.45, 7) is 13.9. The number of hydrogen-bond acceptors (Lipinski definition) is 6. The molecule has 0 bridgehead atoms. The number of unbranched alkanes of at least 4 members (excludes halogenated alkanes) is 9. The van der Waals surface area contributed by atoms with E-state index in [1.54, 1.807) is 11.3 Å². The normalized spacial score (nSPS) is 17.3. The Hall–Kier alpha value is -2.99. The molecule has 0 unspecified atom stereocenters. The molecule has 0 N–H and O–H groups in total. The molecule has 6 heteroatoms. The Balaban J connectivity index is 1.43. The van der Waals surface area contributed by atoms with Crippen LogP contribution >= 0.6 is 11.3 Å². The highest BCUT2D eigenvalue weighted by molar-refractivity contribution is 7.12. The second-order valence-electron chi connectivity index (χ2n) is 12.3. The molecule has 0 atom stereocenters. The maximum atomic E-state index is 6.34. The summed E-state index contributed by atoms with van der Waals surface area (Å²) >= 11 is 1.59. The molecule has 1 aromatic carbocycles. The van der Waals surface area contributed by atoms with Crippen LogP contribution in [-0.2, 0) is 0 Å². The molecule has 2 aromatic rings. The van der Waals surface area contributed by atoms with Crippen molar-refractivity contribution >= 4 is 28.6 Å². The highest BCUT2D eigenvalue weighted by atomic mass is 32.1. The van der Waals surface area contributed by atoms with E-state index < -0.39 is 0 Å². The van der Waals surface area contributed by atoms with Gasteiger partial charge < -0.3 is 9.64 Å². The molecule has 0 spiro atoms. The molecule has 0 fully saturated rings. The summed E-state index contributed by atoms with van der Waals surface area (Å²) in [5.74, 6) is 2.66. The first-order valence-electron chi connectivity index (χ1n) is 15.5. The lowest BCUT2D eigenvalue weighted by Crippen LogP contribution is -2.21. The van der Waals surface area contributed by atoms with Crippen molar-refractivity contribution in [3.8, 4) is 5.75 Å². The summed E-state index contributed by atoms with van der Waals surface area (Å²) in [7, 11) is 0. The number of nitrogens with zero attached hydrogens (tertiary/aromatic N) is 4. The van der Waals surface area contributed by atoms with Gasteiger partial charge in [-0.3, -0.25) is 0 Å². The fraction of sp³-hybridized carbons (Fsp3) is 0.514. The lowest BCUT2D eigenvalue weighted by atomic mass is 9.95. The molecule has 41 heavy (non-hydrogen) atoms. The predicted octanol–water partition coefficient (Wildman–Crippen LogP) is 10.2. The van der Waals surface area contributed by atoms with Gasteiger partial charge in [-0.25, -0.2) is 15.0 Å². The number of aliphatic imine (C=N–C) groups is 2. The second kappa shape index (κ2) is 14.8. The van der Waals surface area contributed by atoms with Crippen molar-refractivity contribution in [2.75, 3.05) is 11.4 Å². The lowest BCUT2D eigenvalue weighted by molar-refractivity contribution is 0.436. The minimum absolute atomic E-state index is 0.131. The zero-order valence-electron chi connectivity index (χ0n) is 26.0. The predicted molar refractivity (Wildman–Crippen MR) is 176 cm³/mol. The zero-order chi connectivity index (χ0) is 29.2. The molecule has 5 nitrogen and oxygen atoms in total. The number of aryl methyl sites for hydroxylation is 1. The number of ether oxygens (including phenoxy) is 1. The van der Waals surface area contributed by atoms with Gasteiger partial charge in [0.15, 0.2) is 5.75 Å². The molecule has 0 amide bonds. The van der Waals surface area contributed by atoms with E-state index >= 15 is 0 Å². The Bertz CT molecular complexity index is 1310. The van der Waals surface area contributed by atoms with E-state index in [1.165, 1.54) is 69.0 Å². The summed E-state index contributed by atoms with van der Waals surface area (Å²) in [4.78, 5) is 16.6. The molecule has 2 aliphatic heterocycles. The Labute approximate surface area is 251 Å². The largest absolute Gasteiger partial charge is 0.439 e. The Morgan fingerprint density at radius 2 is 1.68 bits per heavy atom. The number of anilines is 1. The summed E-state index contributed by atoms with van der Waals surface area (Å²) in [5.41, 5.74) is 5.10. The minimum Gasteiger partial charge on any atom is -0.439 e. The highest BCUT2D eigenvalue weighted by Crippen LogP contribution is 2.40. The number of hydrogen-bond donors (Lipinski definition) is 0. The molecule has 4 rings (SSSR count). The minimum atomic E-state index is -0.131. The number of aromatic nitrogens is 1. The molecule has 220 valence electrons. The van der Waals surface area contributed by atoms with Gasteiger partial charge in [0.25, 0.3) is 0 Å². The maximum absolute atomic E-state index is 6.34. The van der Waals surface area contributed by atoms with Gasteiger partial charge in [0.1, 0.15) is 16.6 Å². The van der Waals surface area contributed by atoms with E-state index in [9.17, 15) is 0 Å². The van der Waals surface area contributed by atoms with E-state index in [4.69, 9.17) is 14.7 Å². The van der Waals surface area contributed by atoms with Crippen LogP contribution in [0.4, 0.5) is 5.69 Å². The molecule has 3 heterocycles. The average Bonchev–Trinajstić information content (AvgIpc) is 3.67. The maximum Gasteiger partial charge on any atom is 0.200 e. The van der Waals surface area contributed by atoms with Crippen LogP contribution in [0.3, 0.4) is 0 Å². The topological polar surface area (TPSA) is 50.1 Å². The molecular weight excluding hydrogens is 524 g/mol. The third kappa shape index (κ3) is 8.75. The fourth-order valence-electron chi connectivity index (χ4n) is 5.08. The van der Waals surface area contributed by atoms with Crippen LogP contribution in [0.2, 0.25) is 0 Å². The van der Waals surface area contributed by atoms with Crippen molar-refractivity contribution in [3.63, 3.8) is 0 Å². The number of benzene rings is 1. The van der Waals surface area contributed by atoms with Gasteiger partial charge in [0, 0.05) is 23.5 Å². The molecule has 2 aliphatic rings. The summed E-state index contributed by atoms with van der Waals surface area (Å²) in [5, 5.41) is 2.88. The second-order valence-corrected chi connectivity index (χ2v) is 13.2. The molecule has 1 aromatic heterocycles. The summed E-state index contributed by atoms with van der Waals surface area (Å²) in [6, 6.07) is 6.45. The van der Waals surface area contributed by atoms with Gasteiger partial charge in [0.2, 0.25) is 5.88 Å². The summed E-state index contributed by atoms with van der Waals surface area (Å²) < 4.78 is 6.34. The van der Waals surface area contributed by atoms with Crippen molar-refractivity contribution in [2.45, 2.75) is 106 Å². The van der Waals surface area contributed by atoms with Crippen LogP contribution in [0.1, 0.15) is 109 Å². The lowest BCUT2D eigenvalue weighted by Gasteiger charge is -2.18. The van der Waals surface area contributed by atoms with Crippen molar-refractivity contribution in [3.05, 3.63) is 75.7 Å². The third-order valence-electron chi connectivity index (χ3n) is 7.47. The Morgan fingerprint density at radius 3 is 2.34 bits per heavy atom. The monoisotopic (exact) mass is 572 g/mol. The van der Waals surface area contributed by atoms with Crippen LogP contribution in [-0.4, -0.2) is 23.1 Å². The first-order valence-corrected chi connectivity index (χ1v) is 16.4. The number of thiazole rings is 1. The molecule has 0 radical (unpaired) electrons. The van der Waals surface area contributed by atoms with Crippen molar-refractivity contribution < 1.29 is 4.74 Å². The fourth-order valence-corrected chi connectivity index (χ4v) is 5.71. The van der Waals surface area contributed by atoms with E-state index in [1.807, 2.05) is 11.6 Å². The van der Waals surface area contributed by atoms with Crippen molar-refractivity contribution in [1.29, 1.82) is 0 Å². The number of amidine groups is 1. The van der Waals surface area contributed by atoms with Gasteiger partial charge in [0.05, 0.1) is 11.4 Å². The molecule has 0 saturated carbocycles. The number of fused-ring (bicyclic) bond motifs is 1. The van der Waals surface area contributed by atoms with Crippen molar-refractivity contribution in [1.82, 2.24) is 4.98 Å². The average molecular weight is 573 g/mol. The zero-order valence-corrected chi connectivity index (χ0v) is 26.8. The van der Waals surface area contributed by atoms with Gasteiger partial charge in [-0.15, -0.1) is 11.3 Å². The first-order chi connectivity index (χ1) is 19.8. The highest BCUT2D eigenvalue weighted by Gasteiger charge is 2.28. The van der Waals surface area contributed by atoms with E-state index in [2.05, 4.69) is 87.9 Å². The number of rotatable bonds is 14.